The van der Waals surface area contributed by atoms with Crippen molar-refractivity contribution in [3.05, 3.63) is 24.3 Å². The summed E-state index contributed by atoms with van der Waals surface area (Å²) >= 11 is 0. The van der Waals surface area contributed by atoms with E-state index in [-0.39, 0.29) is 5.69 Å². The van der Waals surface area contributed by atoms with Crippen LogP contribution in [0.1, 0.15) is 43.1 Å². The first-order valence-corrected chi connectivity index (χ1v) is 8.30. The van der Waals surface area contributed by atoms with Crippen LogP contribution in [0, 0.1) is 5.92 Å². The number of imide groups is 1. The lowest BCUT2D eigenvalue weighted by atomic mass is 9.77. The molecule has 3 rings (SSSR count). The molecule has 10 heteroatoms. The Labute approximate surface area is 149 Å². The number of hydrazine groups is 1. The molecule has 1 aliphatic carbocycles. The van der Waals surface area contributed by atoms with E-state index in [0.29, 0.717) is 23.8 Å². The fourth-order valence-corrected chi connectivity index (χ4v) is 3.08. The zero-order valence-electron chi connectivity index (χ0n) is 14.2. The van der Waals surface area contributed by atoms with Gasteiger partial charge < -0.3 is 10.1 Å². The lowest BCUT2D eigenvalue weighted by Crippen LogP contribution is -2.52. The number of amides is 4. The third kappa shape index (κ3) is 3.48. The molecule has 0 aromatic carbocycles. The number of urea groups is 1. The van der Waals surface area contributed by atoms with Gasteiger partial charge in [-0.3, -0.25) is 20.0 Å². The third-order valence-corrected chi connectivity index (χ3v) is 4.63. The summed E-state index contributed by atoms with van der Waals surface area (Å²) in [6, 6.07) is -0.682. The van der Waals surface area contributed by atoms with Gasteiger partial charge in [0.15, 0.2) is 12.3 Å². The van der Waals surface area contributed by atoms with E-state index in [1.54, 1.807) is 0 Å². The van der Waals surface area contributed by atoms with Crippen LogP contribution >= 0.6 is 0 Å². The van der Waals surface area contributed by atoms with Gasteiger partial charge in [0, 0.05) is 12.4 Å². The monoisotopic (exact) mass is 361 g/mol. The van der Waals surface area contributed by atoms with Crippen LogP contribution in [-0.2, 0) is 14.3 Å². The number of aromatic nitrogens is 2. The minimum atomic E-state index is -0.951. The van der Waals surface area contributed by atoms with E-state index < -0.39 is 36.0 Å². The van der Waals surface area contributed by atoms with E-state index in [2.05, 4.69) is 27.6 Å². The lowest BCUT2D eigenvalue weighted by molar-refractivity contribution is -0.141. The number of hydrogen-bond acceptors (Lipinski definition) is 7. The van der Waals surface area contributed by atoms with Crippen LogP contribution in [0.5, 0.6) is 0 Å². The Morgan fingerprint density at radius 3 is 2.73 bits per heavy atom. The molecule has 138 valence electrons. The van der Waals surface area contributed by atoms with Crippen LogP contribution in [-0.4, -0.2) is 50.9 Å². The van der Waals surface area contributed by atoms with Crippen LogP contribution in [0.15, 0.2) is 18.6 Å². The molecule has 2 aliphatic rings. The number of rotatable bonds is 4. The Morgan fingerprint density at radius 1 is 1.35 bits per heavy atom. The van der Waals surface area contributed by atoms with Crippen molar-refractivity contribution < 1.29 is 23.9 Å². The van der Waals surface area contributed by atoms with Gasteiger partial charge in [-0.15, -0.1) is 0 Å². The average Bonchev–Trinajstić information content (AvgIpc) is 2.87. The molecule has 1 aromatic rings. The number of ether oxygens (including phenoxy) is 1. The van der Waals surface area contributed by atoms with E-state index in [4.69, 9.17) is 4.74 Å². The number of carbonyl (C=O) groups excluding carboxylic acids is 4. The summed E-state index contributed by atoms with van der Waals surface area (Å²) in [6.07, 6.45) is 6.62. The Morgan fingerprint density at radius 2 is 2.08 bits per heavy atom. The second-order valence-corrected chi connectivity index (χ2v) is 6.54. The minimum absolute atomic E-state index is 0.0504. The number of nitrogens with zero attached hydrogens (tertiary/aromatic N) is 3. The van der Waals surface area contributed by atoms with Crippen LogP contribution in [0.3, 0.4) is 0 Å². The Kier molecular flexibility index (Phi) is 4.83. The Hall–Kier alpha value is -3.04. The SMILES string of the molecule is CC1CCC2(CC1)NC(=O)N(NC(=O)COC(=O)c1cnccn1)C2=O. The normalized spacial score (nSPS) is 25.1. The van der Waals surface area contributed by atoms with E-state index in [9.17, 15) is 19.2 Å². The molecule has 1 aliphatic heterocycles. The number of carbonyl (C=O) groups is 4. The number of nitrogens with one attached hydrogen (secondary N) is 2. The molecule has 1 spiro atoms. The van der Waals surface area contributed by atoms with Gasteiger partial charge in [0.25, 0.3) is 11.8 Å². The van der Waals surface area contributed by atoms with Gasteiger partial charge in [0.1, 0.15) is 5.54 Å². The Bertz CT molecular complexity index is 730. The minimum Gasteiger partial charge on any atom is -0.451 e. The predicted molar refractivity (Wildman–Crippen MR) is 86.2 cm³/mol. The van der Waals surface area contributed by atoms with E-state index in [1.165, 1.54) is 18.6 Å². The predicted octanol–water partition coefficient (Wildman–Crippen LogP) is 0.165. The highest BCUT2D eigenvalue weighted by atomic mass is 16.5. The molecular weight excluding hydrogens is 342 g/mol. The van der Waals surface area contributed by atoms with Crippen LogP contribution in [0.4, 0.5) is 4.79 Å². The van der Waals surface area contributed by atoms with Crippen molar-refractivity contribution in [2.75, 3.05) is 6.61 Å². The average molecular weight is 361 g/mol. The standard InChI is InChI=1S/C16H19N5O5/c1-10-2-4-16(5-3-10)14(24)21(15(25)19-16)20-12(22)9-26-13(23)11-8-17-6-7-18-11/h6-8,10H,2-5,9H2,1H3,(H,19,25)(H,20,22). The summed E-state index contributed by atoms with van der Waals surface area (Å²) < 4.78 is 4.80. The second kappa shape index (κ2) is 7.06. The lowest BCUT2D eigenvalue weighted by Gasteiger charge is -2.33. The molecule has 0 atom stereocenters. The van der Waals surface area contributed by atoms with Crippen LogP contribution in [0.25, 0.3) is 0 Å². The summed E-state index contributed by atoms with van der Waals surface area (Å²) in [4.78, 5) is 55.8. The van der Waals surface area contributed by atoms with Crippen molar-refractivity contribution in [3.63, 3.8) is 0 Å². The van der Waals surface area contributed by atoms with Gasteiger partial charge in [-0.25, -0.2) is 14.6 Å². The number of hydrogen-bond donors (Lipinski definition) is 2. The molecule has 10 nitrogen and oxygen atoms in total. The third-order valence-electron chi connectivity index (χ3n) is 4.63. The highest BCUT2D eigenvalue weighted by Crippen LogP contribution is 2.35. The topological polar surface area (TPSA) is 131 Å². The van der Waals surface area contributed by atoms with E-state index in [1.807, 2.05) is 0 Å². The molecule has 4 amide bonds. The molecule has 2 fully saturated rings. The van der Waals surface area contributed by atoms with Crippen molar-refractivity contribution in [2.24, 2.45) is 5.92 Å². The summed E-state index contributed by atoms with van der Waals surface area (Å²) in [5.41, 5.74) is 1.19. The van der Waals surface area contributed by atoms with Gasteiger partial charge in [0.2, 0.25) is 0 Å². The van der Waals surface area contributed by atoms with Gasteiger partial charge in [-0.1, -0.05) is 6.92 Å². The second-order valence-electron chi connectivity index (χ2n) is 6.54. The van der Waals surface area contributed by atoms with Crippen molar-refractivity contribution in [1.82, 2.24) is 25.7 Å². The first-order valence-electron chi connectivity index (χ1n) is 8.30. The summed E-state index contributed by atoms with van der Waals surface area (Å²) in [5.74, 6) is -1.62. The van der Waals surface area contributed by atoms with Crippen molar-refractivity contribution in [2.45, 2.75) is 38.1 Å². The zero-order chi connectivity index (χ0) is 18.7. The van der Waals surface area contributed by atoms with Crippen molar-refractivity contribution >= 4 is 23.8 Å². The van der Waals surface area contributed by atoms with Crippen LogP contribution in [0.2, 0.25) is 0 Å². The number of esters is 1. The molecule has 0 bridgehead atoms. The zero-order valence-corrected chi connectivity index (χ0v) is 14.2. The summed E-state index contributed by atoms with van der Waals surface area (Å²) in [6.45, 7) is 1.44. The van der Waals surface area contributed by atoms with Crippen molar-refractivity contribution in [1.29, 1.82) is 0 Å². The maximum absolute atomic E-state index is 12.6. The van der Waals surface area contributed by atoms with Gasteiger partial charge in [0.05, 0.1) is 6.20 Å². The fourth-order valence-electron chi connectivity index (χ4n) is 3.08. The molecule has 1 aromatic heterocycles. The maximum Gasteiger partial charge on any atom is 0.359 e. The molecule has 1 saturated carbocycles. The quantitative estimate of drug-likeness (QED) is 0.577. The van der Waals surface area contributed by atoms with Gasteiger partial charge >= 0.3 is 12.0 Å². The molecule has 2 heterocycles. The maximum atomic E-state index is 12.6. The molecule has 0 unspecified atom stereocenters. The molecular formula is C16H19N5O5. The molecule has 2 N–H and O–H groups in total. The van der Waals surface area contributed by atoms with Gasteiger partial charge in [-0.05, 0) is 31.6 Å². The highest BCUT2D eigenvalue weighted by Gasteiger charge is 2.52. The first-order chi connectivity index (χ1) is 12.4. The fraction of sp³-hybridized carbons (Fsp3) is 0.500. The van der Waals surface area contributed by atoms with Crippen LogP contribution < -0.4 is 10.7 Å². The summed E-state index contributed by atoms with van der Waals surface area (Å²) in [7, 11) is 0. The highest BCUT2D eigenvalue weighted by molar-refractivity contribution is 6.08. The molecule has 26 heavy (non-hydrogen) atoms. The van der Waals surface area contributed by atoms with Gasteiger partial charge in [-0.2, -0.15) is 5.01 Å². The van der Waals surface area contributed by atoms with Crippen molar-refractivity contribution in [3.8, 4) is 0 Å². The first kappa shape index (κ1) is 17.8. The molecule has 0 radical (unpaired) electrons. The summed E-state index contributed by atoms with van der Waals surface area (Å²) in [5, 5.41) is 3.34. The smallest absolute Gasteiger partial charge is 0.359 e. The van der Waals surface area contributed by atoms with E-state index in [0.717, 1.165) is 12.8 Å². The largest absolute Gasteiger partial charge is 0.451 e. The Balaban J connectivity index is 1.55. The van der Waals surface area contributed by atoms with E-state index >= 15 is 0 Å². The molecule has 1 saturated heterocycles.